The Kier molecular flexibility index (Phi) is 20.6. The van der Waals surface area contributed by atoms with Gasteiger partial charge in [-0.2, -0.15) is 0 Å². The first-order valence-electron chi connectivity index (χ1n) is 10.2. The summed E-state index contributed by atoms with van der Waals surface area (Å²) in [5.41, 5.74) is 5.33. The Hall–Kier alpha value is -2.82. The Labute approximate surface area is 197 Å². The highest BCUT2D eigenvalue weighted by atomic mass is 16.5. The molecule has 10 heteroatoms. The zero-order valence-electron chi connectivity index (χ0n) is 18.9. The smallest absolute Gasteiger partial charge is 0.414 e. The molecule has 1 aliphatic heterocycles. The first kappa shape index (κ1) is 32.4. The van der Waals surface area contributed by atoms with Crippen LogP contribution in [0.3, 0.4) is 0 Å². The van der Waals surface area contributed by atoms with Crippen molar-refractivity contribution in [2.24, 2.45) is 5.73 Å². The maximum Gasteiger partial charge on any atom is 0.414 e. The van der Waals surface area contributed by atoms with Crippen LogP contribution in [0.25, 0.3) is 0 Å². The lowest BCUT2D eigenvalue weighted by Crippen LogP contribution is -2.45. The van der Waals surface area contributed by atoms with Gasteiger partial charge in [0.25, 0.3) is 11.8 Å². The van der Waals surface area contributed by atoms with E-state index in [0.717, 1.165) is 6.42 Å². The van der Waals surface area contributed by atoms with Gasteiger partial charge in [-0.1, -0.05) is 45.6 Å². The normalized spacial score (nSPS) is 20.7. The molecule has 0 aromatic rings. The SMILES string of the molecule is NC(=O)C1NCCNCC[CH]OC(=O)NC(=O)C=CC=CC=CC(=O)CCCCCO1.[CH2].[CH2]. The van der Waals surface area contributed by atoms with Crippen molar-refractivity contribution in [2.75, 3.05) is 26.2 Å². The summed E-state index contributed by atoms with van der Waals surface area (Å²) >= 11 is 0. The van der Waals surface area contributed by atoms with Crippen molar-refractivity contribution in [3.8, 4) is 0 Å². The molecule has 0 aromatic carbocycles. The van der Waals surface area contributed by atoms with Crippen molar-refractivity contribution >= 4 is 23.7 Å². The number of alkyl carbamates (subject to hydrolysis) is 1. The first-order valence-corrected chi connectivity index (χ1v) is 10.2. The predicted molar refractivity (Wildman–Crippen MR) is 125 cm³/mol. The molecular formula is C23H35N4O6. The number of imide groups is 1. The highest BCUT2D eigenvalue weighted by molar-refractivity contribution is 5.98. The molecule has 1 unspecified atom stereocenters. The van der Waals surface area contributed by atoms with E-state index in [4.69, 9.17) is 15.2 Å². The van der Waals surface area contributed by atoms with E-state index < -0.39 is 24.1 Å². The van der Waals surface area contributed by atoms with Crippen LogP contribution in [-0.4, -0.2) is 56.2 Å². The number of primary amides is 1. The standard InChI is InChI=1S/C21H31N4O6.2CH2/c22-19(28)20-24-14-13-23-12-8-16-31-21(29)25-18(27)11-6-2-1-4-9-17(26)10-5-3-7-15-30-20;;/h1-2,4,6,9,11,16,20,23-24H,3,5,7-8,10,12-15H2,(H2,22,28)(H,25,27,29);2*1H2. The summed E-state index contributed by atoms with van der Waals surface area (Å²) < 4.78 is 10.3. The Bertz CT molecular complexity index is 676. The number of amides is 3. The second-order valence-electron chi connectivity index (χ2n) is 6.59. The highest BCUT2D eigenvalue weighted by Crippen LogP contribution is 2.03. The Morgan fingerprint density at radius 3 is 2.39 bits per heavy atom. The second kappa shape index (κ2) is 21.0. The molecule has 0 fully saturated rings. The fraction of sp³-hybridized carbons (Fsp3) is 0.435. The molecule has 3 amide bonds. The predicted octanol–water partition coefficient (Wildman–Crippen LogP) is 1.26. The lowest BCUT2D eigenvalue weighted by atomic mass is 10.1. The quantitative estimate of drug-likeness (QED) is 0.454. The molecule has 1 aliphatic rings. The van der Waals surface area contributed by atoms with E-state index in [2.05, 4.69) is 10.6 Å². The van der Waals surface area contributed by atoms with E-state index in [1.165, 1.54) is 24.8 Å². The third-order valence-corrected chi connectivity index (χ3v) is 3.96. The minimum absolute atomic E-state index is 0. The third-order valence-electron chi connectivity index (χ3n) is 3.96. The van der Waals surface area contributed by atoms with E-state index >= 15 is 0 Å². The molecule has 1 rings (SSSR count). The maximum atomic E-state index is 11.8. The molecule has 0 saturated carbocycles. The van der Waals surface area contributed by atoms with Gasteiger partial charge in [0, 0.05) is 38.6 Å². The van der Waals surface area contributed by atoms with Crippen LogP contribution in [0.1, 0.15) is 32.1 Å². The molecule has 1 heterocycles. The third kappa shape index (κ3) is 18.5. The monoisotopic (exact) mass is 463 g/mol. The Morgan fingerprint density at radius 2 is 1.67 bits per heavy atom. The number of nitrogens with two attached hydrogens (primary N) is 1. The maximum absolute atomic E-state index is 11.8. The number of carbonyl (C=O) groups excluding carboxylic acids is 4. The summed E-state index contributed by atoms with van der Waals surface area (Å²) in [5, 5.41) is 8.06. The van der Waals surface area contributed by atoms with Crippen LogP contribution in [0.4, 0.5) is 4.79 Å². The van der Waals surface area contributed by atoms with Gasteiger partial charge >= 0.3 is 6.09 Å². The van der Waals surface area contributed by atoms with E-state index in [1.807, 2.05) is 5.32 Å². The van der Waals surface area contributed by atoms with Crippen LogP contribution in [0.2, 0.25) is 0 Å². The van der Waals surface area contributed by atoms with Crippen LogP contribution >= 0.6 is 0 Å². The van der Waals surface area contributed by atoms with Gasteiger partial charge in [-0.05, 0) is 25.5 Å². The van der Waals surface area contributed by atoms with Gasteiger partial charge in [-0.15, -0.1) is 0 Å². The summed E-state index contributed by atoms with van der Waals surface area (Å²) in [4.78, 5) is 46.3. The average Bonchev–Trinajstić information content (AvgIpc) is 2.72. The molecule has 1 atom stereocenters. The van der Waals surface area contributed by atoms with E-state index in [9.17, 15) is 19.2 Å². The number of cyclic esters (lactones) is 1. The van der Waals surface area contributed by atoms with Crippen molar-refractivity contribution < 1.29 is 28.7 Å². The van der Waals surface area contributed by atoms with Crippen molar-refractivity contribution in [1.82, 2.24) is 16.0 Å². The molecule has 5 radical (unpaired) electrons. The fourth-order valence-electron chi connectivity index (χ4n) is 2.42. The molecule has 0 bridgehead atoms. The molecule has 10 nitrogen and oxygen atoms in total. The van der Waals surface area contributed by atoms with E-state index in [1.54, 1.807) is 18.2 Å². The van der Waals surface area contributed by atoms with Crippen molar-refractivity contribution in [1.29, 1.82) is 0 Å². The molecule has 33 heavy (non-hydrogen) atoms. The number of ketones is 1. The van der Waals surface area contributed by atoms with Gasteiger partial charge in [0.1, 0.15) is 6.61 Å². The summed E-state index contributed by atoms with van der Waals surface area (Å²) in [5.74, 6) is -1.23. The van der Waals surface area contributed by atoms with E-state index in [0.29, 0.717) is 51.9 Å². The van der Waals surface area contributed by atoms with Gasteiger partial charge in [0.05, 0.1) is 0 Å². The minimum Gasteiger partial charge on any atom is -0.442 e. The molecule has 0 aliphatic carbocycles. The van der Waals surface area contributed by atoms with Gasteiger partial charge in [0.2, 0.25) is 0 Å². The van der Waals surface area contributed by atoms with Crippen LogP contribution in [0.5, 0.6) is 0 Å². The van der Waals surface area contributed by atoms with Crippen molar-refractivity contribution in [2.45, 2.75) is 38.3 Å². The lowest BCUT2D eigenvalue weighted by molar-refractivity contribution is -0.131. The van der Waals surface area contributed by atoms with Crippen LogP contribution in [-0.2, 0) is 23.9 Å². The summed E-state index contributed by atoms with van der Waals surface area (Å²) in [7, 11) is 0. The largest absolute Gasteiger partial charge is 0.442 e. The first-order chi connectivity index (χ1) is 15.0. The van der Waals surface area contributed by atoms with Crippen LogP contribution in [0.15, 0.2) is 36.5 Å². The summed E-state index contributed by atoms with van der Waals surface area (Å²) in [6.45, 7) is 3.16. The van der Waals surface area contributed by atoms with E-state index in [-0.39, 0.29) is 20.6 Å². The van der Waals surface area contributed by atoms with Gasteiger partial charge in [0.15, 0.2) is 12.0 Å². The zero-order chi connectivity index (χ0) is 22.7. The average molecular weight is 464 g/mol. The number of hydrogen-bond donors (Lipinski definition) is 4. The number of rotatable bonds is 1. The number of allylic oxidation sites excluding steroid dienone is 5. The Balaban J connectivity index is 0. The molecule has 0 spiro atoms. The van der Waals surface area contributed by atoms with Crippen LogP contribution < -0.4 is 21.7 Å². The molecule has 0 aromatic heterocycles. The van der Waals surface area contributed by atoms with Gasteiger partial charge in [-0.3, -0.25) is 25.0 Å². The van der Waals surface area contributed by atoms with Crippen LogP contribution in [0, 0.1) is 21.5 Å². The zero-order valence-corrected chi connectivity index (χ0v) is 18.9. The van der Waals surface area contributed by atoms with Crippen molar-refractivity contribution in [3.63, 3.8) is 0 Å². The summed E-state index contributed by atoms with van der Waals surface area (Å²) in [6, 6.07) is 0. The number of ether oxygens (including phenoxy) is 2. The topological polar surface area (TPSA) is 149 Å². The van der Waals surface area contributed by atoms with Gasteiger partial charge in [-0.25, -0.2) is 4.79 Å². The van der Waals surface area contributed by atoms with Gasteiger partial charge < -0.3 is 20.5 Å². The lowest BCUT2D eigenvalue weighted by Gasteiger charge is -2.16. The number of hydrogen-bond acceptors (Lipinski definition) is 8. The molecule has 0 saturated heterocycles. The fourth-order valence-corrected chi connectivity index (χ4v) is 2.42. The van der Waals surface area contributed by atoms with Crippen molar-refractivity contribution in [3.05, 3.63) is 57.9 Å². The number of nitrogens with one attached hydrogen (secondary N) is 3. The highest BCUT2D eigenvalue weighted by Gasteiger charge is 2.14. The Morgan fingerprint density at radius 1 is 0.939 bits per heavy atom. The molecule has 183 valence electrons. The second-order valence-corrected chi connectivity index (χ2v) is 6.59. The summed E-state index contributed by atoms with van der Waals surface area (Å²) in [6.07, 6.45) is 10.1. The number of carbonyl (C=O) groups is 4. The molecular weight excluding hydrogens is 428 g/mol. The molecule has 5 N–H and O–H groups in total. The minimum atomic E-state index is -0.877.